The molecule has 28 heavy (non-hydrogen) atoms. The molecule has 0 saturated heterocycles. The first kappa shape index (κ1) is 21.5. The average molecular weight is 401 g/mol. The molecule has 2 aromatic rings. The zero-order valence-electron chi connectivity index (χ0n) is 16.2. The van der Waals surface area contributed by atoms with Gasteiger partial charge in [0.15, 0.2) is 6.61 Å². The first-order valence-corrected chi connectivity index (χ1v) is 9.85. The molecule has 0 aliphatic carbocycles. The van der Waals surface area contributed by atoms with Crippen molar-refractivity contribution < 1.29 is 19.1 Å². The predicted octanol–water partition coefficient (Wildman–Crippen LogP) is 3.41. The summed E-state index contributed by atoms with van der Waals surface area (Å²) in [5.74, 6) is -1.14. The third kappa shape index (κ3) is 6.74. The van der Waals surface area contributed by atoms with Crippen LogP contribution in [0.1, 0.15) is 29.8 Å². The summed E-state index contributed by atoms with van der Waals surface area (Å²) in [5, 5.41) is 4.89. The SMILES string of the molecule is CCNC(=O)c1cccc(NC(=O)COC(=O)[C@H](C)Sc2ccc(C)cc2)c1. The van der Waals surface area contributed by atoms with E-state index in [1.165, 1.54) is 11.8 Å². The van der Waals surface area contributed by atoms with Gasteiger partial charge in [0.25, 0.3) is 11.8 Å². The lowest BCUT2D eigenvalue weighted by Crippen LogP contribution is -2.25. The number of ether oxygens (including phenoxy) is 1. The molecule has 2 amide bonds. The molecule has 2 N–H and O–H groups in total. The molecule has 0 heterocycles. The normalized spacial score (nSPS) is 11.4. The molecule has 0 aliphatic rings. The van der Waals surface area contributed by atoms with Crippen LogP contribution < -0.4 is 10.6 Å². The summed E-state index contributed by atoms with van der Waals surface area (Å²) < 4.78 is 5.10. The number of amides is 2. The van der Waals surface area contributed by atoms with E-state index in [1.807, 2.05) is 38.1 Å². The van der Waals surface area contributed by atoms with Crippen LogP contribution in [0.25, 0.3) is 0 Å². The van der Waals surface area contributed by atoms with Gasteiger partial charge < -0.3 is 15.4 Å². The van der Waals surface area contributed by atoms with E-state index >= 15 is 0 Å². The van der Waals surface area contributed by atoms with Crippen LogP contribution in [0.3, 0.4) is 0 Å². The number of nitrogens with one attached hydrogen (secondary N) is 2. The first-order valence-electron chi connectivity index (χ1n) is 8.97. The Labute approximate surface area is 169 Å². The van der Waals surface area contributed by atoms with E-state index in [-0.39, 0.29) is 12.5 Å². The summed E-state index contributed by atoms with van der Waals surface area (Å²) in [7, 11) is 0. The molecule has 2 aromatic carbocycles. The van der Waals surface area contributed by atoms with Crippen LogP contribution in [0, 0.1) is 6.92 Å². The van der Waals surface area contributed by atoms with Crippen LogP contribution >= 0.6 is 11.8 Å². The summed E-state index contributed by atoms with van der Waals surface area (Å²) in [6, 6.07) is 14.4. The molecular formula is C21H24N2O4S. The highest BCUT2D eigenvalue weighted by Gasteiger charge is 2.17. The molecule has 0 radical (unpaired) electrons. The Kier molecular flexibility index (Phi) is 8.07. The molecular weight excluding hydrogens is 376 g/mol. The van der Waals surface area contributed by atoms with Gasteiger partial charge in [-0.1, -0.05) is 23.8 Å². The largest absolute Gasteiger partial charge is 0.455 e. The van der Waals surface area contributed by atoms with E-state index in [2.05, 4.69) is 10.6 Å². The fourth-order valence-corrected chi connectivity index (χ4v) is 3.19. The van der Waals surface area contributed by atoms with Gasteiger partial charge in [-0.2, -0.15) is 0 Å². The van der Waals surface area contributed by atoms with E-state index in [9.17, 15) is 14.4 Å². The smallest absolute Gasteiger partial charge is 0.319 e. The number of hydrogen-bond donors (Lipinski definition) is 2. The van der Waals surface area contributed by atoms with Crippen molar-refractivity contribution in [1.82, 2.24) is 5.32 Å². The maximum Gasteiger partial charge on any atom is 0.319 e. The lowest BCUT2D eigenvalue weighted by Gasteiger charge is -2.12. The number of hydrogen-bond acceptors (Lipinski definition) is 5. The van der Waals surface area contributed by atoms with Gasteiger partial charge in [0.05, 0.1) is 0 Å². The second-order valence-corrected chi connectivity index (χ2v) is 7.58. The van der Waals surface area contributed by atoms with Crippen molar-refractivity contribution in [2.24, 2.45) is 0 Å². The van der Waals surface area contributed by atoms with Gasteiger partial charge in [-0.05, 0) is 51.1 Å². The van der Waals surface area contributed by atoms with E-state index < -0.39 is 17.1 Å². The minimum absolute atomic E-state index is 0.216. The molecule has 7 heteroatoms. The maximum absolute atomic E-state index is 12.1. The van der Waals surface area contributed by atoms with Crippen molar-refractivity contribution in [2.75, 3.05) is 18.5 Å². The number of anilines is 1. The molecule has 0 saturated carbocycles. The Bertz CT molecular complexity index is 837. The molecule has 0 spiro atoms. The number of carbonyl (C=O) groups excluding carboxylic acids is 3. The van der Waals surface area contributed by atoms with Crippen molar-refractivity contribution in [1.29, 1.82) is 0 Å². The van der Waals surface area contributed by atoms with Crippen molar-refractivity contribution >= 4 is 35.2 Å². The van der Waals surface area contributed by atoms with Gasteiger partial charge >= 0.3 is 5.97 Å². The summed E-state index contributed by atoms with van der Waals surface area (Å²) in [6.45, 7) is 5.69. The molecule has 0 bridgehead atoms. The minimum atomic E-state index is -0.464. The third-order valence-electron chi connectivity index (χ3n) is 3.76. The Hall–Kier alpha value is -2.80. The predicted molar refractivity (Wildman–Crippen MR) is 111 cm³/mol. The quantitative estimate of drug-likeness (QED) is 0.524. The van der Waals surface area contributed by atoms with E-state index in [1.54, 1.807) is 31.2 Å². The number of rotatable bonds is 8. The zero-order chi connectivity index (χ0) is 20.5. The molecule has 0 aromatic heterocycles. The van der Waals surface area contributed by atoms with E-state index in [4.69, 9.17) is 4.74 Å². The number of esters is 1. The molecule has 148 valence electrons. The summed E-state index contributed by atoms with van der Waals surface area (Å²) >= 11 is 1.38. The Morgan fingerprint density at radius 2 is 1.82 bits per heavy atom. The molecule has 0 aliphatic heterocycles. The fourth-order valence-electron chi connectivity index (χ4n) is 2.32. The van der Waals surface area contributed by atoms with Crippen LogP contribution in [-0.2, 0) is 14.3 Å². The standard InChI is InChI=1S/C21H24N2O4S/c1-4-22-20(25)16-6-5-7-17(12-16)23-19(24)13-27-21(26)15(3)28-18-10-8-14(2)9-11-18/h5-12,15H,4,13H2,1-3H3,(H,22,25)(H,23,24)/t15-/m0/s1. The third-order valence-corrected chi connectivity index (χ3v) is 4.85. The Morgan fingerprint density at radius 1 is 1.11 bits per heavy atom. The van der Waals surface area contributed by atoms with Crippen molar-refractivity contribution in [2.45, 2.75) is 30.9 Å². The zero-order valence-corrected chi connectivity index (χ0v) is 17.0. The van der Waals surface area contributed by atoms with Crippen LogP contribution in [0.2, 0.25) is 0 Å². The van der Waals surface area contributed by atoms with Crippen LogP contribution in [-0.4, -0.2) is 36.2 Å². The monoisotopic (exact) mass is 400 g/mol. The number of carbonyl (C=O) groups is 3. The fraction of sp³-hybridized carbons (Fsp3) is 0.286. The molecule has 0 unspecified atom stereocenters. The minimum Gasteiger partial charge on any atom is -0.455 e. The number of thioether (sulfide) groups is 1. The highest BCUT2D eigenvalue weighted by atomic mass is 32.2. The average Bonchev–Trinajstić information content (AvgIpc) is 2.68. The Balaban J connectivity index is 1.83. The second kappa shape index (κ2) is 10.5. The van der Waals surface area contributed by atoms with Gasteiger partial charge in [0.1, 0.15) is 5.25 Å². The van der Waals surface area contributed by atoms with E-state index in [0.717, 1.165) is 10.5 Å². The second-order valence-electron chi connectivity index (χ2n) is 6.17. The Morgan fingerprint density at radius 3 is 2.50 bits per heavy atom. The molecule has 2 rings (SSSR count). The maximum atomic E-state index is 12.1. The number of aryl methyl sites for hydroxylation is 1. The highest BCUT2D eigenvalue weighted by molar-refractivity contribution is 8.00. The molecule has 6 nitrogen and oxygen atoms in total. The first-order chi connectivity index (χ1) is 13.4. The lowest BCUT2D eigenvalue weighted by atomic mass is 10.2. The summed E-state index contributed by atoms with van der Waals surface area (Å²) in [5.41, 5.74) is 2.05. The van der Waals surface area contributed by atoms with Gasteiger partial charge in [0.2, 0.25) is 0 Å². The van der Waals surface area contributed by atoms with Crippen molar-refractivity contribution in [3.63, 3.8) is 0 Å². The van der Waals surface area contributed by atoms with Gasteiger partial charge in [-0.3, -0.25) is 14.4 Å². The topological polar surface area (TPSA) is 84.5 Å². The van der Waals surface area contributed by atoms with Crippen molar-refractivity contribution in [3.8, 4) is 0 Å². The summed E-state index contributed by atoms with van der Waals surface area (Å²) in [4.78, 5) is 37.0. The van der Waals surface area contributed by atoms with Gasteiger partial charge in [-0.25, -0.2) is 0 Å². The van der Waals surface area contributed by atoms with E-state index in [0.29, 0.717) is 17.8 Å². The highest BCUT2D eigenvalue weighted by Crippen LogP contribution is 2.24. The number of benzene rings is 2. The molecule has 0 fully saturated rings. The summed E-state index contributed by atoms with van der Waals surface area (Å²) in [6.07, 6.45) is 0. The lowest BCUT2D eigenvalue weighted by molar-refractivity contribution is -0.146. The van der Waals surface area contributed by atoms with Gasteiger partial charge in [0, 0.05) is 22.7 Å². The van der Waals surface area contributed by atoms with Crippen LogP contribution in [0.5, 0.6) is 0 Å². The van der Waals surface area contributed by atoms with Gasteiger partial charge in [-0.15, -0.1) is 11.8 Å². The van der Waals surface area contributed by atoms with Crippen LogP contribution in [0.4, 0.5) is 5.69 Å². The molecule has 1 atom stereocenters. The van der Waals surface area contributed by atoms with Crippen molar-refractivity contribution in [3.05, 3.63) is 59.7 Å². The van der Waals surface area contributed by atoms with Crippen LogP contribution in [0.15, 0.2) is 53.4 Å².